The highest BCUT2D eigenvalue weighted by molar-refractivity contribution is 5.95. The average molecular weight is 289 g/mol. The van der Waals surface area contributed by atoms with Crippen molar-refractivity contribution in [3.05, 3.63) is 34.8 Å². The first kappa shape index (κ1) is 15.0. The molecular formula is C14H19N5O2. The molecule has 112 valence electrons. The van der Waals surface area contributed by atoms with E-state index in [1.807, 2.05) is 27.1 Å². The molecule has 0 unspecified atom stereocenters. The predicted octanol–water partition coefficient (Wildman–Crippen LogP) is 1.65. The maximum absolute atomic E-state index is 11.6. The molecule has 0 fully saturated rings. The zero-order valence-electron chi connectivity index (χ0n) is 12.4. The largest absolute Gasteiger partial charge is 0.478 e. The number of carbonyl (C=O) groups is 1. The van der Waals surface area contributed by atoms with Crippen LogP contribution in [0.3, 0.4) is 0 Å². The second kappa shape index (κ2) is 6.34. The van der Waals surface area contributed by atoms with Crippen LogP contribution in [0.1, 0.15) is 41.0 Å². The molecule has 7 heteroatoms. The van der Waals surface area contributed by atoms with Gasteiger partial charge < -0.3 is 10.4 Å². The summed E-state index contributed by atoms with van der Waals surface area (Å²) >= 11 is 0. The molecule has 2 N–H and O–H groups in total. The molecule has 0 radical (unpaired) electrons. The molecule has 0 saturated carbocycles. The van der Waals surface area contributed by atoms with Gasteiger partial charge in [-0.15, -0.1) is 5.10 Å². The average Bonchev–Trinajstić information content (AvgIpc) is 2.89. The monoisotopic (exact) mass is 289 g/mol. The Hall–Kier alpha value is -2.44. The number of nitrogens with zero attached hydrogens (tertiary/aromatic N) is 4. The van der Waals surface area contributed by atoms with Crippen molar-refractivity contribution >= 4 is 11.8 Å². The van der Waals surface area contributed by atoms with E-state index in [9.17, 15) is 9.90 Å². The summed E-state index contributed by atoms with van der Waals surface area (Å²) < 4.78 is 1.69. The smallest absolute Gasteiger partial charge is 0.339 e. The minimum Gasteiger partial charge on any atom is -0.478 e. The molecule has 21 heavy (non-hydrogen) atoms. The van der Waals surface area contributed by atoms with Gasteiger partial charge in [-0.25, -0.2) is 4.79 Å². The highest BCUT2D eigenvalue weighted by atomic mass is 16.4. The van der Waals surface area contributed by atoms with Crippen LogP contribution in [0, 0.1) is 0 Å². The first-order chi connectivity index (χ1) is 10.1. The molecule has 0 spiro atoms. The number of nitrogens with one attached hydrogen (secondary N) is 1. The molecule has 0 atom stereocenters. The lowest BCUT2D eigenvalue weighted by atomic mass is 10.0. The number of aromatic carboxylic acids is 1. The van der Waals surface area contributed by atoms with Gasteiger partial charge in [-0.1, -0.05) is 13.8 Å². The highest BCUT2D eigenvalue weighted by Crippen LogP contribution is 2.21. The van der Waals surface area contributed by atoms with Crippen LogP contribution in [0.4, 0.5) is 5.82 Å². The molecule has 0 saturated heterocycles. The molecule has 7 nitrogen and oxygen atoms in total. The quantitative estimate of drug-likeness (QED) is 0.840. The number of aromatic nitrogens is 4. The SMILES string of the molecule is CCc1nnc(NCc2cnn(C)c2)c(C(=O)O)c1CC. The van der Waals surface area contributed by atoms with E-state index < -0.39 is 5.97 Å². The van der Waals surface area contributed by atoms with Gasteiger partial charge >= 0.3 is 5.97 Å². The van der Waals surface area contributed by atoms with E-state index in [1.165, 1.54) is 0 Å². The normalized spacial score (nSPS) is 10.6. The van der Waals surface area contributed by atoms with Crippen LogP contribution in [0.15, 0.2) is 12.4 Å². The second-order valence-electron chi connectivity index (χ2n) is 4.74. The maximum atomic E-state index is 11.6. The molecule has 2 aromatic heterocycles. The van der Waals surface area contributed by atoms with Gasteiger partial charge in [0.1, 0.15) is 5.56 Å². The van der Waals surface area contributed by atoms with Gasteiger partial charge in [0, 0.05) is 25.4 Å². The van der Waals surface area contributed by atoms with Crippen molar-refractivity contribution in [2.75, 3.05) is 5.32 Å². The number of carboxylic acids is 1. The summed E-state index contributed by atoms with van der Waals surface area (Å²) in [7, 11) is 1.83. The number of aryl methyl sites for hydroxylation is 2. The Morgan fingerprint density at radius 1 is 1.33 bits per heavy atom. The van der Waals surface area contributed by atoms with Gasteiger partial charge in [0.2, 0.25) is 0 Å². The van der Waals surface area contributed by atoms with Gasteiger partial charge in [0.05, 0.1) is 11.9 Å². The summed E-state index contributed by atoms with van der Waals surface area (Å²) in [5.74, 6) is -0.675. The third-order valence-corrected chi connectivity index (χ3v) is 3.28. The third-order valence-electron chi connectivity index (χ3n) is 3.28. The summed E-state index contributed by atoms with van der Waals surface area (Å²) in [4.78, 5) is 11.6. The third kappa shape index (κ3) is 3.18. The van der Waals surface area contributed by atoms with Crippen LogP contribution in [-0.4, -0.2) is 31.1 Å². The molecule has 0 aromatic carbocycles. The van der Waals surface area contributed by atoms with Gasteiger partial charge in [0.15, 0.2) is 5.82 Å². The standard InChI is InChI=1S/C14H19N5O2/c1-4-10-11(5-2)17-18-13(12(10)14(20)21)15-6-9-7-16-19(3)8-9/h7-8H,4-6H2,1-3H3,(H,15,18)(H,20,21). The topological polar surface area (TPSA) is 92.9 Å². The Kier molecular flexibility index (Phi) is 4.52. The second-order valence-corrected chi connectivity index (χ2v) is 4.74. The Morgan fingerprint density at radius 3 is 2.62 bits per heavy atom. The molecular weight excluding hydrogens is 270 g/mol. The van der Waals surface area contributed by atoms with Crippen LogP contribution in [0.25, 0.3) is 0 Å². The zero-order chi connectivity index (χ0) is 15.4. The van der Waals surface area contributed by atoms with E-state index >= 15 is 0 Å². The minimum atomic E-state index is -0.981. The van der Waals surface area contributed by atoms with Crippen molar-refractivity contribution in [3.63, 3.8) is 0 Å². The highest BCUT2D eigenvalue weighted by Gasteiger charge is 2.20. The van der Waals surface area contributed by atoms with E-state index in [4.69, 9.17) is 0 Å². The van der Waals surface area contributed by atoms with Gasteiger partial charge in [-0.2, -0.15) is 10.2 Å². The summed E-state index contributed by atoms with van der Waals surface area (Å²) in [5.41, 5.74) is 2.65. The van der Waals surface area contributed by atoms with Crippen molar-refractivity contribution in [2.24, 2.45) is 7.05 Å². The number of hydrogen-bond acceptors (Lipinski definition) is 5. The van der Waals surface area contributed by atoms with E-state index in [-0.39, 0.29) is 5.56 Å². The summed E-state index contributed by atoms with van der Waals surface area (Å²) in [6.07, 6.45) is 4.87. The van der Waals surface area contributed by atoms with E-state index in [2.05, 4.69) is 20.6 Å². The lowest BCUT2D eigenvalue weighted by molar-refractivity contribution is 0.0696. The van der Waals surface area contributed by atoms with Crippen molar-refractivity contribution in [1.29, 1.82) is 0 Å². The zero-order valence-corrected chi connectivity index (χ0v) is 12.4. The molecule has 0 bridgehead atoms. The number of rotatable bonds is 6. The Bertz CT molecular complexity index is 651. The first-order valence-electron chi connectivity index (χ1n) is 6.89. The lowest BCUT2D eigenvalue weighted by Gasteiger charge is -2.13. The van der Waals surface area contributed by atoms with E-state index in [1.54, 1.807) is 10.9 Å². The summed E-state index contributed by atoms with van der Waals surface area (Å²) in [6.45, 7) is 4.32. The Morgan fingerprint density at radius 2 is 2.10 bits per heavy atom. The number of carboxylic acid groups (broad SMARTS) is 1. The van der Waals surface area contributed by atoms with E-state index in [0.717, 1.165) is 16.8 Å². The molecule has 0 aliphatic carbocycles. The van der Waals surface area contributed by atoms with Crippen LogP contribution in [0.2, 0.25) is 0 Å². The molecule has 2 rings (SSSR count). The van der Waals surface area contributed by atoms with Crippen molar-refractivity contribution in [1.82, 2.24) is 20.0 Å². The summed E-state index contributed by atoms with van der Waals surface area (Å²) in [6, 6.07) is 0. The summed E-state index contributed by atoms with van der Waals surface area (Å²) in [5, 5.41) is 24.8. The molecule has 2 aromatic rings. The van der Waals surface area contributed by atoms with Crippen LogP contribution < -0.4 is 5.32 Å². The van der Waals surface area contributed by atoms with E-state index in [0.29, 0.717) is 25.2 Å². The van der Waals surface area contributed by atoms with Crippen LogP contribution in [0.5, 0.6) is 0 Å². The predicted molar refractivity (Wildman–Crippen MR) is 78.3 cm³/mol. The molecule has 0 amide bonds. The van der Waals surface area contributed by atoms with Gasteiger partial charge in [-0.3, -0.25) is 4.68 Å². The fourth-order valence-corrected chi connectivity index (χ4v) is 2.28. The fraction of sp³-hybridized carbons (Fsp3) is 0.429. The fourth-order valence-electron chi connectivity index (χ4n) is 2.28. The van der Waals surface area contributed by atoms with Crippen LogP contribution in [-0.2, 0) is 26.4 Å². The Labute approximate surface area is 123 Å². The maximum Gasteiger partial charge on any atom is 0.339 e. The Balaban J connectivity index is 2.32. The lowest BCUT2D eigenvalue weighted by Crippen LogP contribution is -2.15. The molecule has 0 aliphatic heterocycles. The molecule has 0 aliphatic rings. The van der Waals surface area contributed by atoms with Crippen molar-refractivity contribution in [3.8, 4) is 0 Å². The number of hydrogen-bond donors (Lipinski definition) is 2. The number of anilines is 1. The van der Waals surface area contributed by atoms with Gasteiger partial charge in [-0.05, 0) is 18.4 Å². The molecule has 2 heterocycles. The minimum absolute atomic E-state index is 0.216. The van der Waals surface area contributed by atoms with Crippen LogP contribution >= 0.6 is 0 Å². The van der Waals surface area contributed by atoms with Gasteiger partial charge in [0.25, 0.3) is 0 Å². The van der Waals surface area contributed by atoms with Crippen molar-refractivity contribution < 1.29 is 9.90 Å². The first-order valence-corrected chi connectivity index (χ1v) is 6.89. The van der Waals surface area contributed by atoms with Crippen molar-refractivity contribution in [2.45, 2.75) is 33.2 Å².